The average Bonchev–Trinajstić information content (AvgIpc) is 2.42. The number of nitrogens with one attached hydrogen (secondary N) is 1. The molecule has 0 saturated carbocycles. The molecule has 0 radical (unpaired) electrons. The van der Waals surface area contributed by atoms with E-state index in [0.717, 1.165) is 5.56 Å². The molecule has 0 spiro atoms. The molecule has 1 aromatic rings. The summed E-state index contributed by atoms with van der Waals surface area (Å²) in [5.41, 5.74) is 0.869. The molecule has 1 atom stereocenters. The van der Waals surface area contributed by atoms with Gasteiger partial charge in [0.05, 0.1) is 34.2 Å². The van der Waals surface area contributed by atoms with Crippen molar-refractivity contribution in [3.05, 3.63) is 33.8 Å². The minimum atomic E-state index is -0.312. The summed E-state index contributed by atoms with van der Waals surface area (Å²) >= 11 is 13.0. The van der Waals surface area contributed by atoms with Gasteiger partial charge in [-0.05, 0) is 31.5 Å². The number of hydrogen-bond donors (Lipinski definition) is 1. The molecule has 1 amide bonds. The van der Waals surface area contributed by atoms with Gasteiger partial charge in [-0.1, -0.05) is 29.3 Å². The molecule has 0 saturated heterocycles. The summed E-state index contributed by atoms with van der Waals surface area (Å²) in [5, 5.41) is 3.76. The topological polar surface area (TPSA) is 55.4 Å². The van der Waals surface area contributed by atoms with Crippen molar-refractivity contribution in [2.24, 2.45) is 0 Å². The van der Waals surface area contributed by atoms with Crippen LogP contribution in [0.15, 0.2) is 18.2 Å². The molecule has 1 rings (SSSR count). The minimum Gasteiger partial charge on any atom is -0.465 e. The lowest BCUT2D eigenvalue weighted by Gasteiger charge is -2.14. The van der Waals surface area contributed by atoms with E-state index < -0.39 is 0 Å². The summed E-state index contributed by atoms with van der Waals surface area (Å²) in [6.45, 7) is 3.95. The fourth-order valence-electron chi connectivity index (χ4n) is 1.58. The molecule has 0 fully saturated rings. The quantitative estimate of drug-likeness (QED) is 0.765. The Bertz CT molecular complexity index is 511. The zero-order valence-electron chi connectivity index (χ0n) is 11.8. The zero-order valence-corrected chi connectivity index (χ0v) is 14.1. The van der Waals surface area contributed by atoms with Crippen LogP contribution in [-0.4, -0.2) is 30.0 Å². The number of carbonyl (C=O) groups is 2. The Labute approximate surface area is 138 Å². The maximum Gasteiger partial charge on any atom is 0.315 e. The van der Waals surface area contributed by atoms with Gasteiger partial charge in [0.1, 0.15) is 0 Å². The number of benzene rings is 1. The molecule has 4 nitrogen and oxygen atoms in total. The van der Waals surface area contributed by atoms with Gasteiger partial charge in [-0.15, -0.1) is 11.8 Å². The molecule has 1 N–H and O–H groups in total. The van der Waals surface area contributed by atoms with Crippen molar-refractivity contribution >= 4 is 46.8 Å². The van der Waals surface area contributed by atoms with E-state index in [1.807, 2.05) is 13.0 Å². The van der Waals surface area contributed by atoms with E-state index in [1.165, 1.54) is 11.8 Å². The van der Waals surface area contributed by atoms with Crippen molar-refractivity contribution in [1.29, 1.82) is 0 Å². The van der Waals surface area contributed by atoms with Crippen molar-refractivity contribution in [1.82, 2.24) is 5.32 Å². The molecule has 0 aliphatic carbocycles. The number of halogens is 2. The molecule has 0 aliphatic rings. The summed E-state index contributed by atoms with van der Waals surface area (Å²) in [6, 6.07) is 5.04. The number of hydrogen-bond acceptors (Lipinski definition) is 4. The maximum atomic E-state index is 11.8. The van der Waals surface area contributed by atoms with Gasteiger partial charge >= 0.3 is 5.97 Å². The second kappa shape index (κ2) is 9.18. The Balaban J connectivity index is 2.40. The van der Waals surface area contributed by atoms with Gasteiger partial charge in [0.25, 0.3) is 0 Å². The number of thioether (sulfide) groups is 1. The monoisotopic (exact) mass is 349 g/mol. The van der Waals surface area contributed by atoms with Crippen molar-refractivity contribution in [3.8, 4) is 0 Å². The summed E-state index contributed by atoms with van der Waals surface area (Å²) < 4.78 is 4.78. The fourth-order valence-corrected chi connectivity index (χ4v) is 2.51. The van der Waals surface area contributed by atoms with Crippen LogP contribution in [0.4, 0.5) is 0 Å². The minimum absolute atomic E-state index is 0.150. The second-order valence-electron chi connectivity index (χ2n) is 4.26. The first kappa shape index (κ1) is 18.1. The van der Waals surface area contributed by atoms with Crippen molar-refractivity contribution in [3.63, 3.8) is 0 Å². The Kier molecular flexibility index (Phi) is 7.93. The summed E-state index contributed by atoms with van der Waals surface area (Å²) in [6.07, 6.45) is 0. The van der Waals surface area contributed by atoms with E-state index in [-0.39, 0.29) is 29.4 Å². The molecule has 0 heterocycles. The molecule has 116 valence electrons. The third-order valence-corrected chi connectivity index (χ3v) is 4.22. The molecular weight excluding hydrogens is 333 g/mol. The van der Waals surface area contributed by atoms with E-state index in [0.29, 0.717) is 16.7 Å². The lowest BCUT2D eigenvalue weighted by molar-refractivity contribution is -0.139. The predicted octanol–water partition coefficient (Wildman–Crippen LogP) is 3.47. The average molecular weight is 350 g/mol. The van der Waals surface area contributed by atoms with Gasteiger partial charge < -0.3 is 10.1 Å². The predicted molar refractivity (Wildman–Crippen MR) is 87.0 cm³/mol. The Morgan fingerprint density at radius 1 is 1.29 bits per heavy atom. The molecule has 0 aromatic heterocycles. The SMILES string of the molecule is CCOC(=O)CSCC(=O)NC(C)c1ccc(Cl)c(Cl)c1. The Morgan fingerprint density at radius 3 is 2.62 bits per heavy atom. The molecule has 1 unspecified atom stereocenters. The standard InChI is InChI=1S/C14H17Cl2NO3S/c1-3-20-14(19)8-21-7-13(18)17-9(2)10-4-5-11(15)12(16)6-10/h4-6,9H,3,7-8H2,1-2H3,(H,17,18). The van der Waals surface area contributed by atoms with Gasteiger partial charge in [0.15, 0.2) is 0 Å². The summed E-state index contributed by atoms with van der Waals surface area (Å²) in [5.74, 6) is -0.0944. The number of carbonyl (C=O) groups excluding carboxylic acids is 2. The number of amides is 1. The highest BCUT2D eigenvalue weighted by Gasteiger charge is 2.12. The highest BCUT2D eigenvalue weighted by atomic mass is 35.5. The Hall–Kier alpha value is -0.910. The lowest BCUT2D eigenvalue weighted by atomic mass is 10.1. The van der Waals surface area contributed by atoms with E-state index in [9.17, 15) is 9.59 Å². The highest BCUT2D eigenvalue weighted by molar-refractivity contribution is 8.00. The van der Waals surface area contributed by atoms with Crippen LogP contribution in [0.1, 0.15) is 25.5 Å². The van der Waals surface area contributed by atoms with Gasteiger partial charge in [-0.25, -0.2) is 0 Å². The summed E-state index contributed by atoms with van der Waals surface area (Å²) in [7, 11) is 0. The van der Waals surface area contributed by atoms with E-state index in [4.69, 9.17) is 27.9 Å². The van der Waals surface area contributed by atoms with Crippen LogP contribution < -0.4 is 5.32 Å². The number of esters is 1. The summed E-state index contributed by atoms with van der Waals surface area (Å²) in [4.78, 5) is 22.9. The Morgan fingerprint density at radius 2 is 2.00 bits per heavy atom. The lowest BCUT2D eigenvalue weighted by Crippen LogP contribution is -2.28. The normalized spacial score (nSPS) is 11.8. The molecule has 7 heteroatoms. The first-order valence-electron chi connectivity index (χ1n) is 6.41. The van der Waals surface area contributed by atoms with Crippen LogP contribution >= 0.6 is 35.0 Å². The highest BCUT2D eigenvalue weighted by Crippen LogP contribution is 2.25. The van der Waals surface area contributed by atoms with Crippen LogP contribution in [0.25, 0.3) is 0 Å². The van der Waals surface area contributed by atoms with E-state index >= 15 is 0 Å². The zero-order chi connectivity index (χ0) is 15.8. The van der Waals surface area contributed by atoms with E-state index in [1.54, 1.807) is 19.1 Å². The first-order chi connectivity index (χ1) is 9.93. The fraction of sp³-hybridized carbons (Fsp3) is 0.429. The van der Waals surface area contributed by atoms with Crippen LogP contribution in [0, 0.1) is 0 Å². The van der Waals surface area contributed by atoms with Gasteiger partial charge in [0, 0.05) is 0 Å². The maximum absolute atomic E-state index is 11.8. The van der Waals surface area contributed by atoms with Gasteiger partial charge in [-0.3, -0.25) is 9.59 Å². The molecule has 1 aromatic carbocycles. The third-order valence-electron chi connectivity index (χ3n) is 2.58. The van der Waals surface area contributed by atoms with E-state index in [2.05, 4.69) is 5.32 Å². The molecule has 0 bridgehead atoms. The van der Waals surface area contributed by atoms with Crippen LogP contribution in [0.3, 0.4) is 0 Å². The van der Waals surface area contributed by atoms with Crippen LogP contribution in [0.5, 0.6) is 0 Å². The van der Waals surface area contributed by atoms with Crippen LogP contribution in [0.2, 0.25) is 10.0 Å². The number of ether oxygens (including phenoxy) is 1. The first-order valence-corrected chi connectivity index (χ1v) is 8.32. The smallest absolute Gasteiger partial charge is 0.315 e. The largest absolute Gasteiger partial charge is 0.465 e. The number of rotatable bonds is 7. The van der Waals surface area contributed by atoms with Gasteiger partial charge in [-0.2, -0.15) is 0 Å². The van der Waals surface area contributed by atoms with Crippen molar-refractivity contribution in [2.75, 3.05) is 18.1 Å². The second-order valence-corrected chi connectivity index (χ2v) is 6.06. The molecule has 0 aliphatic heterocycles. The molecular formula is C14H17Cl2NO3S. The van der Waals surface area contributed by atoms with Crippen molar-refractivity contribution in [2.45, 2.75) is 19.9 Å². The third kappa shape index (κ3) is 6.59. The van der Waals surface area contributed by atoms with Crippen LogP contribution in [-0.2, 0) is 14.3 Å². The molecule has 21 heavy (non-hydrogen) atoms. The van der Waals surface area contributed by atoms with Crippen molar-refractivity contribution < 1.29 is 14.3 Å². The van der Waals surface area contributed by atoms with Gasteiger partial charge in [0.2, 0.25) is 5.91 Å².